The van der Waals surface area contributed by atoms with Gasteiger partial charge in [-0.2, -0.15) is 0 Å². The normalized spacial score (nSPS) is 15.0. The zero-order valence-electron chi connectivity index (χ0n) is 11.7. The van der Waals surface area contributed by atoms with E-state index in [0.29, 0.717) is 6.61 Å². The summed E-state index contributed by atoms with van der Waals surface area (Å²) in [6.07, 6.45) is 3.65. The minimum Gasteiger partial charge on any atom is -0.461 e. The van der Waals surface area contributed by atoms with Gasteiger partial charge in [0, 0.05) is 18.7 Å². The van der Waals surface area contributed by atoms with E-state index in [9.17, 15) is 14.9 Å². The number of carbonyl (C=O) groups excluding carboxylic acids is 1. The molecule has 0 aromatic heterocycles. The summed E-state index contributed by atoms with van der Waals surface area (Å²) < 4.78 is 5.16. The number of esters is 1. The highest BCUT2D eigenvalue weighted by atomic mass is 35.5. The number of carbonyl (C=O) groups is 1. The summed E-state index contributed by atoms with van der Waals surface area (Å²) in [4.78, 5) is 24.2. The minimum absolute atomic E-state index is 0. The third-order valence-corrected chi connectivity index (χ3v) is 3.38. The lowest BCUT2D eigenvalue weighted by Crippen LogP contribution is -2.33. The molecule has 0 N–H and O–H groups in total. The number of likely N-dealkylation sites (tertiary alicyclic amines) is 1. The fraction of sp³-hybridized carbons (Fsp3) is 0.500. The number of piperidine rings is 1. The van der Waals surface area contributed by atoms with E-state index in [1.807, 2.05) is 0 Å². The van der Waals surface area contributed by atoms with Crippen LogP contribution in [-0.4, -0.2) is 42.0 Å². The highest BCUT2D eigenvalue weighted by Crippen LogP contribution is 2.14. The van der Waals surface area contributed by atoms with Gasteiger partial charge in [0.15, 0.2) is 0 Å². The molecule has 0 unspecified atom stereocenters. The molecule has 1 aliphatic heterocycles. The first-order valence-electron chi connectivity index (χ1n) is 6.81. The Bertz CT molecular complexity index is 490. The second-order valence-electron chi connectivity index (χ2n) is 4.85. The zero-order chi connectivity index (χ0) is 14.4. The number of rotatable bonds is 5. The molecule has 0 bridgehead atoms. The fourth-order valence-electron chi connectivity index (χ4n) is 2.28. The molecule has 6 nitrogen and oxygen atoms in total. The van der Waals surface area contributed by atoms with Crippen LogP contribution in [0.2, 0.25) is 0 Å². The highest BCUT2D eigenvalue weighted by molar-refractivity contribution is 5.90. The van der Waals surface area contributed by atoms with E-state index >= 15 is 0 Å². The molecule has 1 saturated heterocycles. The van der Waals surface area contributed by atoms with Crippen molar-refractivity contribution in [2.75, 3.05) is 26.2 Å². The van der Waals surface area contributed by atoms with E-state index in [-0.39, 0.29) is 23.7 Å². The van der Waals surface area contributed by atoms with Crippen LogP contribution in [0, 0.1) is 10.1 Å². The monoisotopic (exact) mass is 314 g/mol. The number of ether oxygens (including phenoxy) is 1. The molecule has 1 aromatic rings. The van der Waals surface area contributed by atoms with E-state index in [1.165, 1.54) is 43.5 Å². The van der Waals surface area contributed by atoms with Crippen molar-refractivity contribution in [2.24, 2.45) is 0 Å². The zero-order valence-corrected chi connectivity index (χ0v) is 12.5. The second kappa shape index (κ2) is 8.59. The maximum Gasteiger partial charge on any atom is 0.338 e. The summed E-state index contributed by atoms with van der Waals surface area (Å²) in [5, 5.41) is 10.6. The summed E-state index contributed by atoms with van der Waals surface area (Å²) >= 11 is 0. The number of hydrogen-bond donors (Lipinski definition) is 0. The topological polar surface area (TPSA) is 72.7 Å². The Kier molecular flexibility index (Phi) is 7.11. The van der Waals surface area contributed by atoms with Crippen molar-refractivity contribution in [2.45, 2.75) is 19.3 Å². The van der Waals surface area contributed by atoms with Gasteiger partial charge >= 0.3 is 5.97 Å². The average Bonchev–Trinajstić information content (AvgIpc) is 2.48. The predicted molar refractivity (Wildman–Crippen MR) is 80.9 cm³/mol. The third kappa shape index (κ3) is 5.32. The lowest BCUT2D eigenvalue weighted by Gasteiger charge is -2.25. The first-order valence-corrected chi connectivity index (χ1v) is 6.81. The highest BCUT2D eigenvalue weighted by Gasteiger charge is 2.14. The Balaban J connectivity index is 0.00000220. The van der Waals surface area contributed by atoms with E-state index in [2.05, 4.69) is 4.90 Å². The Morgan fingerprint density at radius 3 is 2.67 bits per heavy atom. The van der Waals surface area contributed by atoms with E-state index in [1.54, 1.807) is 0 Å². The molecule has 1 heterocycles. The number of nitro groups is 1. The van der Waals surface area contributed by atoms with Crippen LogP contribution in [0.3, 0.4) is 0 Å². The molecule has 21 heavy (non-hydrogen) atoms. The Morgan fingerprint density at radius 2 is 2.00 bits per heavy atom. The summed E-state index contributed by atoms with van der Waals surface area (Å²) in [6, 6.07) is 5.60. The first-order chi connectivity index (χ1) is 9.66. The molecule has 0 saturated carbocycles. The van der Waals surface area contributed by atoms with E-state index in [0.717, 1.165) is 19.6 Å². The number of halogens is 1. The maximum absolute atomic E-state index is 11.8. The molecule has 1 aromatic carbocycles. The van der Waals surface area contributed by atoms with Crippen LogP contribution in [0.15, 0.2) is 24.3 Å². The van der Waals surface area contributed by atoms with Gasteiger partial charge in [-0.25, -0.2) is 4.79 Å². The molecule has 0 atom stereocenters. The number of hydrogen-bond acceptors (Lipinski definition) is 5. The molecular formula is C14H19ClN2O4. The standard InChI is InChI=1S/C14H18N2O4.ClH/c17-14(12-5-4-6-13(11-12)16(18)19)20-10-9-15-7-2-1-3-8-15;/h4-6,11H,1-3,7-10H2;1H. The van der Waals surface area contributed by atoms with Gasteiger partial charge in [0.2, 0.25) is 0 Å². The van der Waals surface area contributed by atoms with Crippen molar-refractivity contribution in [1.29, 1.82) is 0 Å². The largest absolute Gasteiger partial charge is 0.461 e. The van der Waals surface area contributed by atoms with Crippen LogP contribution < -0.4 is 0 Å². The molecule has 7 heteroatoms. The molecule has 0 amide bonds. The van der Waals surface area contributed by atoms with Crippen molar-refractivity contribution >= 4 is 24.1 Å². The minimum atomic E-state index is -0.523. The van der Waals surface area contributed by atoms with Crippen LogP contribution in [-0.2, 0) is 4.74 Å². The van der Waals surface area contributed by atoms with Crippen molar-refractivity contribution in [3.8, 4) is 0 Å². The number of nitrogens with zero attached hydrogens (tertiary/aromatic N) is 2. The van der Waals surface area contributed by atoms with Crippen LogP contribution in [0.5, 0.6) is 0 Å². The molecule has 1 aliphatic rings. The van der Waals surface area contributed by atoms with Gasteiger partial charge in [-0.3, -0.25) is 15.0 Å². The smallest absolute Gasteiger partial charge is 0.338 e. The summed E-state index contributed by atoms with van der Waals surface area (Å²) in [7, 11) is 0. The summed E-state index contributed by atoms with van der Waals surface area (Å²) in [6.45, 7) is 3.14. The summed E-state index contributed by atoms with van der Waals surface area (Å²) in [5.74, 6) is -0.509. The first kappa shape index (κ1) is 17.4. The van der Waals surface area contributed by atoms with E-state index in [4.69, 9.17) is 4.74 Å². The lowest BCUT2D eigenvalue weighted by molar-refractivity contribution is -0.384. The third-order valence-electron chi connectivity index (χ3n) is 3.38. The van der Waals surface area contributed by atoms with Crippen molar-refractivity contribution in [1.82, 2.24) is 4.90 Å². The Labute approximate surface area is 129 Å². The van der Waals surface area contributed by atoms with Crippen LogP contribution in [0.1, 0.15) is 29.6 Å². The average molecular weight is 315 g/mol. The van der Waals surface area contributed by atoms with Gasteiger partial charge < -0.3 is 4.74 Å². The lowest BCUT2D eigenvalue weighted by atomic mass is 10.1. The van der Waals surface area contributed by atoms with Gasteiger partial charge in [-0.15, -0.1) is 12.4 Å². The molecule has 1 fully saturated rings. The number of non-ortho nitro benzene ring substituents is 1. The molecule has 0 aliphatic carbocycles. The number of nitro benzene ring substituents is 1. The van der Waals surface area contributed by atoms with Gasteiger partial charge in [0.1, 0.15) is 6.61 Å². The fourth-order valence-corrected chi connectivity index (χ4v) is 2.28. The van der Waals surface area contributed by atoms with Gasteiger partial charge in [-0.05, 0) is 32.0 Å². The molecule has 116 valence electrons. The SMILES string of the molecule is Cl.O=C(OCCN1CCCCC1)c1cccc([N+](=O)[O-])c1. The van der Waals surface area contributed by atoms with Gasteiger partial charge in [-0.1, -0.05) is 12.5 Å². The maximum atomic E-state index is 11.8. The van der Waals surface area contributed by atoms with Crippen LogP contribution in [0.25, 0.3) is 0 Å². The van der Waals surface area contributed by atoms with Gasteiger partial charge in [0.25, 0.3) is 5.69 Å². The Hall–Kier alpha value is -1.66. The second-order valence-corrected chi connectivity index (χ2v) is 4.85. The molecule has 0 spiro atoms. The van der Waals surface area contributed by atoms with Crippen molar-refractivity contribution < 1.29 is 14.5 Å². The predicted octanol–water partition coefficient (Wildman–Crippen LogP) is 2.66. The van der Waals surface area contributed by atoms with E-state index < -0.39 is 10.9 Å². The molecule has 2 rings (SSSR count). The van der Waals surface area contributed by atoms with Crippen LogP contribution >= 0.6 is 12.4 Å². The molecular weight excluding hydrogens is 296 g/mol. The summed E-state index contributed by atoms with van der Waals surface area (Å²) in [5.41, 5.74) is 0.119. The van der Waals surface area contributed by atoms with Crippen molar-refractivity contribution in [3.05, 3.63) is 39.9 Å². The number of benzene rings is 1. The Morgan fingerprint density at radius 1 is 1.29 bits per heavy atom. The van der Waals surface area contributed by atoms with Gasteiger partial charge in [0.05, 0.1) is 10.5 Å². The quantitative estimate of drug-likeness (QED) is 0.474. The van der Waals surface area contributed by atoms with Crippen LogP contribution in [0.4, 0.5) is 5.69 Å². The van der Waals surface area contributed by atoms with Crippen molar-refractivity contribution in [3.63, 3.8) is 0 Å². The molecule has 0 radical (unpaired) electrons.